The minimum absolute atomic E-state index is 0.0131. The first-order valence-corrected chi connectivity index (χ1v) is 6.65. The third-order valence-electron chi connectivity index (χ3n) is 3.19. The number of nitrogens with zero attached hydrogens (tertiary/aromatic N) is 2. The molecule has 2 aromatic heterocycles. The molecule has 21 heavy (non-hydrogen) atoms. The van der Waals surface area contributed by atoms with Crippen molar-refractivity contribution in [2.24, 2.45) is 0 Å². The maximum absolute atomic E-state index is 11.9. The van der Waals surface area contributed by atoms with Crippen LogP contribution in [0.4, 0.5) is 0 Å². The Balaban J connectivity index is 1.68. The second-order valence-electron chi connectivity index (χ2n) is 4.68. The van der Waals surface area contributed by atoms with E-state index in [0.717, 1.165) is 19.4 Å². The first kappa shape index (κ1) is 13.5. The van der Waals surface area contributed by atoms with Crippen LogP contribution in [0.5, 0.6) is 0 Å². The normalized spacial score (nSPS) is 17.8. The number of hydrogen-bond donors (Lipinski definition) is 2. The van der Waals surface area contributed by atoms with Crippen LogP contribution < -0.4 is 10.9 Å². The molecule has 1 aliphatic heterocycles. The largest absolute Gasteiger partial charge is 0.376 e. The molecule has 0 radical (unpaired) electrons. The number of ether oxygens (including phenoxy) is 1. The number of hydrogen-bond acceptors (Lipinski definition) is 6. The summed E-state index contributed by atoms with van der Waals surface area (Å²) in [6.45, 7) is 1.14. The Labute approximate surface area is 119 Å². The van der Waals surface area contributed by atoms with Crippen molar-refractivity contribution in [2.45, 2.75) is 18.9 Å². The Morgan fingerprint density at radius 2 is 2.43 bits per heavy atom. The first-order chi connectivity index (χ1) is 10.2. The van der Waals surface area contributed by atoms with Crippen LogP contribution in [0, 0.1) is 0 Å². The molecule has 8 heteroatoms. The van der Waals surface area contributed by atoms with Gasteiger partial charge in [-0.15, -0.1) is 0 Å². The highest BCUT2D eigenvalue weighted by molar-refractivity contribution is 5.90. The van der Waals surface area contributed by atoms with Crippen molar-refractivity contribution in [3.8, 4) is 11.5 Å². The van der Waals surface area contributed by atoms with E-state index in [4.69, 9.17) is 9.26 Å². The van der Waals surface area contributed by atoms with E-state index in [-0.39, 0.29) is 28.9 Å². The molecular weight excluding hydrogens is 276 g/mol. The summed E-state index contributed by atoms with van der Waals surface area (Å²) in [6.07, 6.45) is 3.47. The van der Waals surface area contributed by atoms with Gasteiger partial charge in [-0.25, -0.2) is 0 Å². The summed E-state index contributed by atoms with van der Waals surface area (Å²) < 4.78 is 10.4. The average molecular weight is 290 g/mol. The molecule has 110 valence electrons. The molecule has 2 aromatic rings. The molecule has 8 nitrogen and oxygen atoms in total. The number of H-pyrrole nitrogens is 1. The lowest BCUT2D eigenvalue weighted by atomic mass is 10.2. The molecule has 1 saturated heterocycles. The standard InChI is InChI=1S/C13H14N4O4/c18-11-9(4-1-5-14-11)13-16-10(17-21-13)12(19)15-7-8-3-2-6-20-8/h1,4-5,8H,2-3,6-7H2,(H,14,18)(H,15,19). The van der Waals surface area contributed by atoms with Gasteiger partial charge in [0.2, 0.25) is 0 Å². The van der Waals surface area contributed by atoms with Gasteiger partial charge in [0.15, 0.2) is 0 Å². The van der Waals surface area contributed by atoms with E-state index < -0.39 is 5.91 Å². The average Bonchev–Trinajstić information content (AvgIpc) is 3.17. The number of carbonyl (C=O) groups excluding carboxylic acids is 1. The molecule has 1 atom stereocenters. The van der Waals surface area contributed by atoms with E-state index in [1.165, 1.54) is 6.20 Å². The minimum atomic E-state index is -0.451. The van der Waals surface area contributed by atoms with E-state index in [0.29, 0.717) is 6.54 Å². The Kier molecular flexibility index (Phi) is 3.78. The summed E-state index contributed by atoms with van der Waals surface area (Å²) in [5.74, 6) is -0.543. The van der Waals surface area contributed by atoms with Gasteiger partial charge >= 0.3 is 0 Å². The van der Waals surface area contributed by atoms with Crippen molar-refractivity contribution in [1.82, 2.24) is 20.4 Å². The second kappa shape index (κ2) is 5.88. The fourth-order valence-corrected chi connectivity index (χ4v) is 2.11. The molecule has 3 heterocycles. The Morgan fingerprint density at radius 3 is 3.19 bits per heavy atom. The molecule has 0 aliphatic carbocycles. The lowest BCUT2D eigenvalue weighted by Crippen LogP contribution is -2.32. The smallest absolute Gasteiger partial charge is 0.292 e. The quantitative estimate of drug-likeness (QED) is 0.839. The summed E-state index contributed by atoms with van der Waals surface area (Å²) in [4.78, 5) is 29.9. The van der Waals surface area contributed by atoms with Crippen molar-refractivity contribution < 1.29 is 14.1 Å². The highest BCUT2D eigenvalue weighted by Crippen LogP contribution is 2.12. The zero-order chi connectivity index (χ0) is 14.7. The highest BCUT2D eigenvalue weighted by Gasteiger charge is 2.20. The maximum Gasteiger partial charge on any atom is 0.292 e. The SMILES string of the molecule is O=C(NCC1CCCO1)c1noc(-c2ccc[nH]c2=O)n1. The first-order valence-electron chi connectivity index (χ1n) is 6.65. The predicted octanol–water partition coefficient (Wildman–Crippen LogP) is 0.334. The zero-order valence-electron chi connectivity index (χ0n) is 11.2. The lowest BCUT2D eigenvalue weighted by molar-refractivity contribution is 0.0847. The van der Waals surface area contributed by atoms with Gasteiger partial charge in [-0.1, -0.05) is 5.16 Å². The van der Waals surface area contributed by atoms with E-state index in [1.54, 1.807) is 12.1 Å². The molecule has 0 bridgehead atoms. The molecule has 1 amide bonds. The summed E-state index contributed by atoms with van der Waals surface area (Å²) in [6, 6.07) is 3.18. The predicted molar refractivity (Wildman–Crippen MR) is 71.7 cm³/mol. The van der Waals surface area contributed by atoms with Crippen LogP contribution in [-0.4, -0.2) is 40.3 Å². The van der Waals surface area contributed by atoms with E-state index in [9.17, 15) is 9.59 Å². The second-order valence-corrected chi connectivity index (χ2v) is 4.68. The van der Waals surface area contributed by atoms with Gasteiger partial charge in [0.05, 0.1) is 6.10 Å². The Bertz CT molecular complexity index is 687. The number of pyridine rings is 1. The van der Waals surface area contributed by atoms with Crippen LogP contribution in [0.3, 0.4) is 0 Å². The number of amides is 1. The van der Waals surface area contributed by atoms with Gasteiger partial charge in [-0.05, 0) is 25.0 Å². The van der Waals surface area contributed by atoms with Crippen molar-refractivity contribution >= 4 is 5.91 Å². The van der Waals surface area contributed by atoms with E-state index in [1.807, 2.05) is 0 Å². The Hall–Kier alpha value is -2.48. The van der Waals surface area contributed by atoms with Gasteiger partial charge in [0, 0.05) is 19.3 Å². The van der Waals surface area contributed by atoms with Crippen molar-refractivity contribution in [3.05, 3.63) is 34.5 Å². The summed E-state index contributed by atoms with van der Waals surface area (Å²) in [5, 5.41) is 6.27. The maximum atomic E-state index is 11.9. The van der Waals surface area contributed by atoms with Gasteiger partial charge in [-0.2, -0.15) is 4.98 Å². The lowest BCUT2D eigenvalue weighted by Gasteiger charge is -2.08. The molecule has 1 aliphatic rings. The van der Waals surface area contributed by atoms with Crippen LogP contribution >= 0.6 is 0 Å². The number of aromatic amines is 1. The number of carbonyl (C=O) groups is 1. The van der Waals surface area contributed by atoms with E-state index in [2.05, 4.69) is 20.4 Å². The fourth-order valence-electron chi connectivity index (χ4n) is 2.11. The van der Waals surface area contributed by atoms with Gasteiger partial charge < -0.3 is 19.6 Å². The molecule has 3 rings (SSSR count). The third kappa shape index (κ3) is 3.00. The van der Waals surface area contributed by atoms with Crippen LogP contribution in [0.15, 0.2) is 27.6 Å². The topological polar surface area (TPSA) is 110 Å². The third-order valence-corrected chi connectivity index (χ3v) is 3.19. The van der Waals surface area contributed by atoms with Crippen LogP contribution in [0.2, 0.25) is 0 Å². The van der Waals surface area contributed by atoms with Crippen molar-refractivity contribution in [3.63, 3.8) is 0 Å². The van der Waals surface area contributed by atoms with Gasteiger partial charge in [0.1, 0.15) is 5.56 Å². The number of nitrogens with one attached hydrogen (secondary N) is 2. The molecule has 1 unspecified atom stereocenters. The number of rotatable bonds is 4. The van der Waals surface area contributed by atoms with Crippen molar-refractivity contribution in [2.75, 3.05) is 13.2 Å². The molecule has 0 spiro atoms. The van der Waals surface area contributed by atoms with Gasteiger partial charge in [-0.3, -0.25) is 9.59 Å². The molecule has 1 fully saturated rings. The number of aromatic nitrogens is 3. The zero-order valence-corrected chi connectivity index (χ0v) is 11.2. The van der Waals surface area contributed by atoms with Crippen LogP contribution in [0.25, 0.3) is 11.5 Å². The monoisotopic (exact) mass is 290 g/mol. The summed E-state index contributed by atoms with van der Waals surface area (Å²) in [7, 11) is 0. The molecule has 2 N–H and O–H groups in total. The van der Waals surface area contributed by atoms with Crippen molar-refractivity contribution in [1.29, 1.82) is 0 Å². The van der Waals surface area contributed by atoms with Crippen LogP contribution in [-0.2, 0) is 4.74 Å². The highest BCUT2D eigenvalue weighted by atomic mass is 16.5. The molecule has 0 aromatic carbocycles. The summed E-state index contributed by atoms with van der Waals surface area (Å²) >= 11 is 0. The minimum Gasteiger partial charge on any atom is -0.376 e. The Morgan fingerprint density at radius 1 is 1.52 bits per heavy atom. The summed E-state index contributed by atoms with van der Waals surface area (Å²) in [5.41, 5.74) is -0.129. The molecule has 0 saturated carbocycles. The fraction of sp³-hybridized carbons (Fsp3) is 0.385. The van der Waals surface area contributed by atoms with Crippen LogP contribution in [0.1, 0.15) is 23.5 Å². The van der Waals surface area contributed by atoms with E-state index >= 15 is 0 Å². The molecular formula is C13H14N4O4. The van der Waals surface area contributed by atoms with Gasteiger partial charge in [0.25, 0.3) is 23.2 Å².